The van der Waals surface area contributed by atoms with Crippen molar-refractivity contribution in [2.24, 2.45) is 0 Å². The highest BCUT2D eigenvalue weighted by molar-refractivity contribution is 5.94. The van der Waals surface area contributed by atoms with E-state index in [-0.39, 0.29) is 18.0 Å². The van der Waals surface area contributed by atoms with Crippen molar-refractivity contribution in [3.8, 4) is 5.75 Å². The molecule has 1 aliphatic heterocycles. The summed E-state index contributed by atoms with van der Waals surface area (Å²) in [7, 11) is 0. The average molecular weight is 331 g/mol. The number of amides is 3. The molecule has 1 aliphatic carbocycles. The van der Waals surface area contributed by atoms with Gasteiger partial charge in [-0.05, 0) is 44.2 Å². The van der Waals surface area contributed by atoms with Crippen LogP contribution in [-0.4, -0.2) is 42.1 Å². The Morgan fingerprint density at radius 3 is 2.88 bits per heavy atom. The van der Waals surface area contributed by atoms with E-state index in [1.165, 1.54) is 0 Å². The lowest BCUT2D eigenvalue weighted by atomic mass is 10.2. The maximum Gasteiger partial charge on any atom is 0.322 e. The van der Waals surface area contributed by atoms with Crippen molar-refractivity contribution in [1.82, 2.24) is 10.2 Å². The number of likely N-dealkylation sites (tertiary alicyclic amines) is 1. The monoisotopic (exact) mass is 331 g/mol. The third-order valence-electron chi connectivity index (χ3n) is 4.30. The first-order valence-corrected chi connectivity index (χ1v) is 8.78. The van der Waals surface area contributed by atoms with Crippen LogP contribution in [0.4, 0.5) is 10.5 Å². The van der Waals surface area contributed by atoms with Crippen molar-refractivity contribution in [1.29, 1.82) is 0 Å². The predicted octanol–water partition coefficient (Wildman–Crippen LogP) is 2.75. The number of hydrogen-bond acceptors (Lipinski definition) is 3. The summed E-state index contributed by atoms with van der Waals surface area (Å²) < 4.78 is 5.58. The zero-order valence-corrected chi connectivity index (χ0v) is 14.1. The van der Waals surface area contributed by atoms with Crippen LogP contribution in [0.15, 0.2) is 24.3 Å². The fourth-order valence-corrected chi connectivity index (χ4v) is 2.89. The van der Waals surface area contributed by atoms with E-state index in [1.54, 1.807) is 4.90 Å². The molecule has 6 heteroatoms. The van der Waals surface area contributed by atoms with Gasteiger partial charge < -0.3 is 20.3 Å². The van der Waals surface area contributed by atoms with E-state index in [0.717, 1.165) is 37.9 Å². The normalized spacial score (nSPS) is 19.9. The van der Waals surface area contributed by atoms with E-state index in [0.29, 0.717) is 24.9 Å². The predicted molar refractivity (Wildman–Crippen MR) is 92.1 cm³/mol. The Kier molecular flexibility index (Phi) is 5.23. The number of hydrogen-bond donors (Lipinski definition) is 2. The Morgan fingerprint density at radius 2 is 2.12 bits per heavy atom. The highest BCUT2D eigenvalue weighted by atomic mass is 16.5. The maximum atomic E-state index is 12.6. The molecule has 1 atom stereocenters. The molecular weight excluding hydrogens is 306 g/mol. The molecule has 1 aromatic carbocycles. The van der Waals surface area contributed by atoms with Crippen LogP contribution in [0.5, 0.6) is 5.75 Å². The third-order valence-corrected chi connectivity index (χ3v) is 4.30. The fourth-order valence-electron chi connectivity index (χ4n) is 2.89. The molecule has 2 fully saturated rings. The number of benzene rings is 1. The Hall–Kier alpha value is -2.24. The standard InChI is InChI=1S/C18H25N3O3/c1-2-11-24-15-6-3-5-14(12-15)20-18(23)21-10-4-7-16(21)17(22)19-13-8-9-13/h3,5-6,12-13,16H,2,4,7-11H2,1H3,(H,19,22)(H,20,23). The van der Waals surface area contributed by atoms with E-state index >= 15 is 0 Å². The minimum atomic E-state index is -0.356. The van der Waals surface area contributed by atoms with Gasteiger partial charge in [0.2, 0.25) is 5.91 Å². The molecule has 130 valence electrons. The summed E-state index contributed by atoms with van der Waals surface area (Å²) in [5.74, 6) is 0.712. The largest absolute Gasteiger partial charge is 0.494 e. The van der Waals surface area contributed by atoms with Gasteiger partial charge in [-0.25, -0.2) is 4.79 Å². The second-order valence-electron chi connectivity index (χ2n) is 6.44. The van der Waals surface area contributed by atoms with Crippen molar-refractivity contribution < 1.29 is 14.3 Å². The molecule has 3 amide bonds. The molecule has 24 heavy (non-hydrogen) atoms. The summed E-state index contributed by atoms with van der Waals surface area (Å²) >= 11 is 0. The summed E-state index contributed by atoms with van der Waals surface area (Å²) in [4.78, 5) is 26.5. The number of rotatable bonds is 6. The zero-order valence-electron chi connectivity index (χ0n) is 14.1. The van der Waals surface area contributed by atoms with E-state index in [9.17, 15) is 9.59 Å². The quantitative estimate of drug-likeness (QED) is 0.842. The minimum absolute atomic E-state index is 0.0230. The second kappa shape index (κ2) is 7.55. The highest BCUT2D eigenvalue weighted by Crippen LogP contribution is 2.24. The molecule has 2 aliphatic rings. The van der Waals surface area contributed by atoms with Gasteiger partial charge in [-0.2, -0.15) is 0 Å². The Balaban J connectivity index is 1.59. The van der Waals surface area contributed by atoms with Crippen LogP contribution in [0.2, 0.25) is 0 Å². The zero-order chi connectivity index (χ0) is 16.9. The van der Waals surface area contributed by atoms with Crippen LogP contribution in [0.1, 0.15) is 39.0 Å². The van der Waals surface area contributed by atoms with E-state index in [2.05, 4.69) is 10.6 Å². The van der Waals surface area contributed by atoms with Crippen molar-refractivity contribution >= 4 is 17.6 Å². The Morgan fingerprint density at radius 1 is 1.29 bits per heavy atom. The lowest BCUT2D eigenvalue weighted by molar-refractivity contribution is -0.124. The van der Waals surface area contributed by atoms with Crippen molar-refractivity contribution in [2.45, 2.75) is 51.1 Å². The van der Waals surface area contributed by atoms with Gasteiger partial charge in [0, 0.05) is 24.3 Å². The molecular formula is C18H25N3O3. The number of carbonyl (C=O) groups excluding carboxylic acids is 2. The summed E-state index contributed by atoms with van der Waals surface area (Å²) in [6.45, 7) is 3.30. The van der Waals surface area contributed by atoms with Crippen molar-refractivity contribution in [3.63, 3.8) is 0 Å². The van der Waals surface area contributed by atoms with E-state index in [4.69, 9.17) is 4.74 Å². The lowest BCUT2D eigenvalue weighted by Gasteiger charge is -2.24. The number of anilines is 1. The van der Waals surface area contributed by atoms with Gasteiger partial charge in [0.1, 0.15) is 11.8 Å². The Labute approximate surface area is 142 Å². The molecule has 6 nitrogen and oxygen atoms in total. The first kappa shape index (κ1) is 16.6. The number of nitrogens with zero attached hydrogens (tertiary/aromatic N) is 1. The lowest BCUT2D eigenvalue weighted by Crippen LogP contribution is -2.47. The van der Waals surface area contributed by atoms with E-state index < -0.39 is 0 Å². The molecule has 1 saturated carbocycles. The number of ether oxygens (including phenoxy) is 1. The van der Waals surface area contributed by atoms with Crippen LogP contribution in [-0.2, 0) is 4.79 Å². The smallest absolute Gasteiger partial charge is 0.322 e. The molecule has 0 radical (unpaired) electrons. The number of urea groups is 1. The van der Waals surface area contributed by atoms with Gasteiger partial charge in [0.25, 0.3) is 0 Å². The van der Waals surface area contributed by atoms with Gasteiger partial charge in [-0.3, -0.25) is 4.79 Å². The van der Waals surface area contributed by atoms with Crippen LogP contribution in [0.25, 0.3) is 0 Å². The first-order chi connectivity index (χ1) is 11.7. The number of nitrogens with one attached hydrogen (secondary N) is 2. The molecule has 0 bridgehead atoms. The van der Waals surface area contributed by atoms with Crippen LogP contribution < -0.4 is 15.4 Å². The van der Waals surface area contributed by atoms with Crippen molar-refractivity contribution in [2.75, 3.05) is 18.5 Å². The fraction of sp³-hybridized carbons (Fsp3) is 0.556. The van der Waals surface area contributed by atoms with Crippen LogP contribution in [0, 0.1) is 0 Å². The SMILES string of the molecule is CCCOc1cccc(NC(=O)N2CCCC2C(=O)NC2CC2)c1. The topological polar surface area (TPSA) is 70.7 Å². The molecule has 3 rings (SSSR count). The molecule has 1 heterocycles. The molecule has 1 aromatic rings. The van der Waals surface area contributed by atoms with Gasteiger partial charge in [-0.1, -0.05) is 13.0 Å². The summed E-state index contributed by atoms with van der Waals surface area (Å²) in [6.07, 6.45) is 4.62. The molecule has 0 spiro atoms. The summed E-state index contributed by atoms with van der Waals surface area (Å²) in [5, 5.41) is 5.88. The molecule has 2 N–H and O–H groups in total. The number of carbonyl (C=O) groups is 2. The minimum Gasteiger partial charge on any atom is -0.494 e. The van der Waals surface area contributed by atoms with Gasteiger partial charge in [0.15, 0.2) is 0 Å². The maximum absolute atomic E-state index is 12.6. The van der Waals surface area contributed by atoms with Gasteiger partial charge in [-0.15, -0.1) is 0 Å². The first-order valence-electron chi connectivity index (χ1n) is 8.78. The molecule has 0 aromatic heterocycles. The summed E-state index contributed by atoms with van der Waals surface area (Å²) in [5.41, 5.74) is 0.682. The third kappa shape index (κ3) is 4.19. The Bertz CT molecular complexity index is 601. The summed E-state index contributed by atoms with van der Waals surface area (Å²) in [6, 6.07) is 7.08. The van der Waals surface area contributed by atoms with Crippen LogP contribution in [0.3, 0.4) is 0 Å². The molecule has 1 saturated heterocycles. The van der Waals surface area contributed by atoms with Crippen LogP contribution >= 0.6 is 0 Å². The highest BCUT2D eigenvalue weighted by Gasteiger charge is 2.36. The molecule has 1 unspecified atom stereocenters. The average Bonchev–Trinajstić information content (AvgIpc) is 3.24. The van der Waals surface area contributed by atoms with Crippen molar-refractivity contribution in [3.05, 3.63) is 24.3 Å². The van der Waals surface area contributed by atoms with Gasteiger partial charge in [0.05, 0.1) is 6.61 Å². The second-order valence-corrected chi connectivity index (χ2v) is 6.44. The van der Waals surface area contributed by atoms with E-state index in [1.807, 2.05) is 31.2 Å². The van der Waals surface area contributed by atoms with Gasteiger partial charge >= 0.3 is 6.03 Å².